The fourth-order valence-corrected chi connectivity index (χ4v) is 3.55. The molecular weight excluding hydrogens is 372 g/mol. The molecule has 0 aliphatic rings. The van der Waals surface area contributed by atoms with E-state index >= 15 is 0 Å². The van der Waals surface area contributed by atoms with E-state index < -0.39 is 5.60 Å². The van der Waals surface area contributed by atoms with Crippen molar-refractivity contribution in [2.75, 3.05) is 13.2 Å². The molecule has 1 atom stereocenters. The van der Waals surface area contributed by atoms with E-state index in [0.29, 0.717) is 13.0 Å². The summed E-state index contributed by atoms with van der Waals surface area (Å²) in [5.41, 5.74) is -0.626. The Morgan fingerprint density at radius 3 is 1.57 bits per heavy atom. The highest BCUT2D eigenvalue weighted by Gasteiger charge is 2.31. The Labute approximate surface area is 189 Å². The summed E-state index contributed by atoms with van der Waals surface area (Å²) in [6.45, 7) is 14.2. The molecule has 0 rings (SSSR count). The molecule has 0 bridgehead atoms. The van der Waals surface area contributed by atoms with Gasteiger partial charge in [0, 0.05) is 19.6 Å². The number of unbranched alkanes of at least 4 members (excludes halogenated alkanes) is 11. The van der Waals surface area contributed by atoms with Crippen LogP contribution < -0.4 is 0 Å². The second-order valence-electron chi connectivity index (χ2n) is 9.81. The van der Waals surface area contributed by atoms with E-state index in [1.165, 1.54) is 57.8 Å². The van der Waals surface area contributed by atoms with Crippen molar-refractivity contribution >= 4 is 5.78 Å². The third kappa shape index (κ3) is 15.4. The Hall–Kier alpha value is -0.410. The predicted molar refractivity (Wildman–Crippen MR) is 130 cm³/mol. The highest BCUT2D eigenvalue weighted by molar-refractivity contribution is 5.86. The quantitative estimate of drug-likeness (QED) is 0.163. The smallest absolute Gasteiger partial charge is 0.164 e. The Morgan fingerprint density at radius 2 is 1.07 bits per heavy atom. The van der Waals surface area contributed by atoms with Crippen molar-refractivity contribution in [2.45, 2.75) is 155 Å². The highest BCUT2D eigenvalue weighted by atomic mass is 16.5. The molecule has 0 aromatic heterocycles. The van der Waals surface area contributed by atoms with E-state index in [9.17, 15) is 4.79 Å². The Morgan fingerprint density at radius 1 is 0.600 bits per heavy atom. The summed E-state index contributed by atoms with van der Waals surface area (Å²) in [6.07, 6.45) is 18.6. The minimum absolute atomic E-state index is 0.0287. The number of ether oxygens (including phenoxy) is 2. The molecule has 3 nitrogen and oxygen atoms in total. The molecule has 0 aromatic rings. The van der Waals surface area contributed by atoms with Gasteiger partial charge in [-0.15, -0.1) is 0 Å². The van der Waals surface area contributed by atoms with Crippen molar-refractivity contribution in [2.24, 2.45) is 0 Å². The summed E-state index contributed by atoms with van der Waals surface area (Å²) < 4.78 is 12.0. The molecule has 0 N–H and O–H groups in total. The van der Waals surface area contributed by atoms with E-state index in [2.05, 4.69) is 34.6 Å². The van der Waals surface area contributed by atoms with Gasteiger partial charge in [0.1, 0.15) is 5.60 Å². The standard InChI is InChI=1S/C27H54O3/c1-7-10-11-12-13-14-15-16-17-20-24-30-27(6,9-3)25(28)22-19-18-21-23-29-26(4,5)8-2/h7-24H2,1-6H3. The molecule has 0 heterocycles. The van der Waals surface area contributed by atoms with Gasteiger partial charge >= 0.3 is 0 Å². The van der Waals surface area contributed by atoms with Crippen molar-refractivity contribution in [1.82, 2.24) is 0 Å². The molecule has 1 unspecified atom stereocenters. The summed E-state index contributed by atoms with van der Waals surface area (Å²) >= 11 is 0. The van der Waals surface area contributed by atoms with Gasteiger partial charge in [0.15, 0.2) is 5.78 Å². The zero-order valence-electron chi connectivity index (χ0n) is 21.5. The summed E-state index contributed by atoms with van der Waals surface area (Å²) in [5.74, 6) is 0.270. The molecular formula is C27H54O3. The monoisotopic (exact) mass is 426 g/mol. The summed E-state index contributed by atoms with van der Waals surface area (Å²) in [7, 11) is 0. The molecule has 0 aliphatic carbocycles. The Kier molecular flexibility index (Phi) is 17.9. The molecule has 0 aromatic carbocycles. The minimum atomic E-state index is -0.597. The van der Waals surface area contributed by atoms with Crippen molar-refractivity contribution < 1.29 is 14.3 Å². The van der Waals surface area contributed by atoms with Crippen LogP contribution >= 0.6 is 0 Å². The lowest BCUT2D eigenvalue weighted by molar-refractivity contribution is -0.143. The third-order valence-electron chi connectivity index (χ3n) is 6.58. The summed E-state index contributed by atoms with van der Waals surface area (Å²) in [4.78, 5) is 12.7. The van der Waals surface area contributed by atoms with E-state index in [1.807, 2.05) is 6.92 Å². The maximum Gasteiger partial charge on any atom is 0.164 e. The first-order chi connectivity index (χ1) is 14.3. The average Bonchev–Trinajstić information content (AvgIpc) is 2.74. The second kappa shape index (κ2) is 18.2. The molecule has 0 spiro atoms. The normalized spacial score (nSPS) is 14.1. The molecule has 0 aliphatic heterocycles. The first-order valence-corrected chi connectivity index (χ1v) is 13.1. The molecule has 180 valence electrons. The van der Waals surface area contributed by atoms with Crippen molar-refractivity contribution in [3.8, 4) is 0 Å². The number of hydrogen-bond donors (Lipinski definition) is 0. The van der Waals surface area contributed by atoms with Gasteiger partial charge in [-0.2, -0.15) is 0 Å². The molecule has 30 heavy (non-hydrogen) atoms. The molecule has 0 saturated heterocycles. The molecule has 0 amide bonds. The van der Waals surface area contributed by atoms with Crippen LogP contribution in [0.1, 0.15) is 144 Å². The number of hydrogen-bond acceptors (Lipinski definition) is 3. The SMILES string of the molecule is CCCCCCCCCCCCOC(C)(CC)C(=O)CCCCCOC(C)(C)CC. The predicted octanol–water partition coefficient (Wildman–Crippen LogP) is 8.43. The van der Waals surface area contributed by atoms with Gasteiger partial charge in [0.05, 0.1) is 5.60 Å². The first kappa shape index (κ1) is 29.6. The lowest BCUT2D eigenvalue weighted by atomic mass is 9.93. The molecule has 3 heteroatoms. The lowest BCUT2D eigenvalue weighted by Crippen LogP contribution is -2.38. The lowest BCUT2D eigenvalue weighted by Gasteiger charge is -2.27. The summed E-state index contributed by atoms with van der Waals surface area (Å²) in [6, 6.07) is 0. The maximum absolute atomic E-state index is 12.7. The van der Waals surface area contributed by atoms with Crippen LogP contribution in [0, 0.1) is 0 Å². The number of Topliss-reactive ketones (excluding diaryl/α,β-unsaturated/α-hetero) is 1. The van der Waals surface area contributed by atoms with Crippen LogP contribution in [0.15, 0.2) is 0 Å². The van der Waals surface area contributed by atoms with E-state index in [4.69, 9.17) is 9.47 Å². The third-order valence-corrected chi connectivity index (χ3v) is 6.58. The van der Waals surface area contributed by atoms with Crippen LogP contribution in [0.3, 0.4) is 0 Å². The van der Waals surface area contributed by atoms with Gasteiger partial charge in [-0.1, -0.05) is 85.0 Å². The van der Waals surface area contributed by atoms with Gasteiger partial charge in [0.25, 0.3) is 0 Å². The first-order valence-electron chi connectivity index (χ1n) is 13.1. The highest BCUT2D eigenvalue weighted by Crippen LogP contribution is 2.21. The summed E-state index contributed by atoms with van der Waals surface area (Å²) in [5, 5.41) is 0. The van der Waals surface area contributed by atoms with Crippen LogP contribution in [0.2, 0.25) is 0 Å². The second-order valence-corrected chi connectivity index (χ2v) is 9.81. The fourth-order valence-electron chi connectivity index (χ4n) is 3.55. The van der Waals surface area contributed by atoms with Crippen molar-refractivity contribution in [3.63, 3.8) is 0 Å². The topological polar surface area (TPSA) is 35.5 Å². The van der Waals surface area contributed by atoms with Crippen LogP contribution in [0.4, 0.5) is 0 Å². The van der Waals surface area contributed by atoms with Gasteiger partial charge in [-0.3, -0.25) is 4.79 Å². The van der Waals surface area contributed by atoms with Crippen LogP contribution in [-0.2, 0) is 14.3 Å². The van der Waals surface area contributed by atoms with Crippen molar-refractivity contribution in [1.29, 1.82) is 0 Å². The number of carbonyl (C=O) groups is 1. The van der Waals surface area contributed by atoms with Gasteiger partial charge in [-0.25, -0.2) is 0 Å². The zero-order valence-corrected chi connectivity index (χ0v) is 21.5. The van der Waals surface area contributed by atoms with E-state index in [-0.39, 0.29) is 11.4 Å². The van der Waals surface area contributed by atoms with Crippen LogP contribution in [0.25, 0.3) is 0 Å². The number of carbonyl (C=O) groups excluding carboxylic acids is 1. The minimum Gasteiger partial charge on any atom is -0.376 e. The Bertz CT molecular complexity index is 405. The molecule has 0 radical (unpaired) electrons. The Balaban J connectivity index is 3.78. The van der Waals surface area contributed by atoms with E-state index in [1.54, 1.807) is 0 Å². The average molecular weight is 427 g/mol. The molecule has 0 fully saturated rings. The number of ketones is 1. The van der Waals surface area contributed by atoms with Gasteiger partial charge in [-0.05, 0) is 52.9 Å². The van der Waals surface area contributed by atoms with Crippen LogP contribution in [0.5, 0.6) is 0 Å². The maximum atomic E-state index is 12.7. The van der Waals surface area contributed by atoms with E-state index in [0.717, 1.165) is 45.1 Å². The zero-order chi connectivity index (χ0) is 22.7. The molecule has 0 saturated carbocycles. The fraction of sp³-hybridized carbons (Fsp3) is 0.963. The largest absolute Gasteiger partial charge is 0.376 e. The van der Waals surface area contributed by atoms with Crippen molar-refractivity contribution in [3.05, 3.63) is 0 Å². The number of rotatable bonds is 22. The van der Waals surface area contributed by atoms with Gasteiger partial charge in [0.2, 0.25) is 0 Å². The van der Waals surface area contributed by atoms with Crippen LogP contribution in [-0.4, -0.2) is 30.2 Å². The van der Waals surface area contributed by atoms with Gasteiger partial charge < -0.3 is 9.47 Å².